The van der Waals surface area contributed by atoms with Crippen molar-refractivity contribution in [3.8, 4) is 0 Å². The minimum atomic E-state index is -2.04. The molecule has 3 rings (SSSR count). The fraction of sp³-hybridized carbons (Fsp3) is 0.773. The van der Waals surface area contributed by atoms with Crippen molar-refractivity contribution in [2.24, 2.45) is 0 Å². The second-order valence-corrected chi connectivity index (χ2v) is 22.6. The van der Waals surface area contributed by atoms with Gasteiger partial charge in [0.25, 0.3) is 0 Å². The lowest BCUT2D eigenvalue weighted by molar-refractivity contribution is -0.0456. The number of rotatable bonds is 6. The summed E-state index contributed by atoms with van der Waals surface area (Å²) in [6, 6.07) is 0. The van der Waals surface area contributed by atoms with E-state index in [9.17, 15) is 0 Å². The molecule has 1 saturated heterocycles. The van der Waals surface area contributed by atoms with Crippen LogP contribution in [0.3, 0.4) is 0 Å². The van der Waals surface area contributed by atoms with E-state index in [0.29, 0.717) is 23.6 Å². The van der Waals surface area contributed by atoms with Crippen LogP contribution < -0.4 is 5.73 Å². The predicted octanol–water partition coefficient (Wildman–Crippen LogP) is 5.71. The lowest BCUT2D eigenvalue weighted by Gasteiger charge is -2.39. The zero-order valence-electron chi connectivity index (χ0n) is 21.7. The Balaban J connectivity index is 1.94. The number of ether oxygens (including phenoxy) is 1. The van der Waals surface area contributed by atoms with Crippen molar-refractivity contribution in [3.05, 3.63) is 10.2 Å². The maximum absolute atomic E-state index is 6.91. The average molecular weight is 606 g/mol. The number of nitrogen functional groups attached to an aromatic ring is 1. The van der Waals surface area contributed by atoms with Crippen molar-refractivity contribution < 1.29 is 13.6 Å². The highest BCUT2D eigenvalue weighted by atomic mass is 127. The Bertz CT molecular complexity index is 1000. The highest BCUT2D eigenvalue weighted by Gasteiger charge is 2.47. The normalized spacial score (nSPS) is 22.9. The van der Waals surface area contributed by atoms with Crippen molar-refractivity contribution in [3.63, 3.8) is 0 Å². The molecule has 0 radical (unpaired) electrons. The lowest BCUT2D eigenvalue weighted by Crippen LogP contribution is -2.45. The molecular formula is C22H40IN5O3Si2. The molecule has 186 valence electrons. The predicted molar refractivity (Wildman–Crippen MR) is 146 cm³/mol. The Kier molecular flexibility index (Phi) is 7.46. The lowest BCUT2D eigenvalue weighted by atomic mass is 10.2. The van der Waals surface area contributed by atoms with Crippen molar-refractivity contribution in [1.82, 2.24) is 19.5 Å². The first kappa shape index (κ1) is 27.0. The van der Waals surface area contributed by atoms with Crippen LogP contribution in [0.4, 0.5) is 5.82 Å². The summed E-state index contributed by atoms with van der Waals surface area (Å²) in [5.41, 5.74) is 7.35. The van der Waals surface area contributed by atoms with Gasteiger partial charge in [-0.15, -0.1) is 0 Å². The van der Waals surface area contributed by atoms with Gasteiger partial charge in [-0.25, -0.2) is 15.0 Å². The fourth-order valence-corrected chi connectivity index (χ4v) is 6.46. The Morgan fingerprint density at radius 2 is 1.70 bits per heavy atom. The van der Waals surface area contributed by atoms with E-state index in [-0.39, 0.29) is 28.5 Å². The summed E-state index contributed by atoms with van der Waals surface area (Å²) < 4.78 is 22.8. The van der Waals surface area contributed by atoms with Crippen molar-refractivity contribution >= 4 is 56.2 Å². The van der Waals surface area contributed by atoms with Gasteiger partial charge in [-0.1, -0.05) is 41.5 Å². The Morgan fingerprint density at radius 1 is 1.09 bits per heavy atom. The third-order valence-electron chi connectivity index (χ3n) is 7.55. The van der Waals surface area contributed by atoms with Gasteiger partial charge in [-0.05, 0) is 36.3 Å². The zero-order valence-corrected chi connectivity index (χ0v) is 25.9. The molecule has 1 aliphatic heterocycles. The maximum atomic E-state index is 6.91. The molecule has 8 nitrogen and oxygen atoms in total. The van der Waals surface area contributed by atoms with Gasteiger partial charge in [0, 0.05) is 29.0 Å². The molecule has 2 aromatic heterocycles. The number of imidazole rings is 1. The summed E-state index contributed by atoms with van der Waals surface area (Å²) in [5.74, 6) is 0.370. The molecule has 33 heavy (non-hydrogen) atoms. The summed E-state index contributed by atoms with van der Waals surface area (Å²) in [7, 11) is -3.94. The van der Waals surface area contributed by atoms with Crippen LogP contribution in [0.1, 0.15) is 54.2 Å². The Morgan fingerprint density at radius 3 is 2.27 bits per heavy atom. The number of halogens is 1. The van der Waals surface area contributed by atoms with Crippen molar-refractivity contribution in [1.29, 1.82) is 0 Å². The molecule has 0 bridgehead atoms. The van der Waals surface area contributed by atoms with E-state index in [1.54, 1.807) is 0 Å². The van der Waals surface area contributed by atoms with Gasteiger partial charge in [0.2, 0.25) is 0 Å². The van der Waals surface area contributed by atoms with E-state index in [1.165, 1.54) is 6.33 Å². The number of aromatic nitrogens is 4. The van der Waals surface area contributed by atoms with E-state index in [4.69, 9.17) is 19.3 Å². The van der Waals surface area contributed by atoms with E-state index < -0.39 is 16.6 Å². The van der Waals surface area contributed by atoms with Crippen LogP contribution in [0.2, 0.25) is 36.3 Å². The maximum Gasteiger partial charge on any atom is 0.192 e. The quantitative estimate of drug-likeness (QED) is 0.256. The standard InChI is InChI=1S/C22H40IN5O3Si2/c1-21(2,3)32(7,8)29-12-14-11-15(31-33(9,10)22(4,5)6)19(30-14)28-18-16(27-20(28)23)17(24)25-13-26-18/h13-15,19H,11-12H2,1-10H3,(H2,24,25,26)/t14-,15+,19+/m0/s1. The Labute approximate surface area is 213 Å². The van der Waals surface area contributed by atoms with Gasteiger partial charge in [-0.2, -0.15) is 0 Å². The summed E-state index contributed by atoms with van der Waals surface area (Å²) in [6.07, 6.45) is 1.70. The van der Waals surface area contributed by atoms with Gasteiger partial charge in [0.05, 0.1) is 18.8 Å². The van der Waals surface area contributed by atoms with E-state index in [1.807, 2.05) is 4.57 Å². The summed E-state index contributed by atoms with van der Waals surface area (Å²) in [5, 5.41) is 0.233. The molecule has 1 fully saturated rings. The minimum absolute atomic E-state index is 0.0636. The van der Waals surface area contributed by atoms with Crippen LogP contribution in [-0.4, -0.2) is 55.0 Å². The topological polar surface area (TPSA) is 97.3 Å². The molecule has 2 N–H and O–H groups in total. The number of nitrogens with zero attached hydrogens (tertiary/aromatic N) is 4. The molecule has 0 amide bonds. The van der Waals surface area contributed by atoms with Gasteiger partial charge in [0.1, 0.15) is 6.33 Å². The van der Waals surface area contributed by atoms with Gasteiger partial charge >= 0.3 is 0 Å². The van der Waals surface area contributed by atoms with E-state index in [0.717, 1.165) is 10.3 Å². The van der Waals surface area contributed by atoms with Crippen LogP contribution in [0.5, 0.6) is 0 Å². The van der Waals surface area contributed by atoms with Crippen LogP contribution in [0, 0.1) is 3.83 Å². The summed E-state index contributed by atoms with van der Waals surface area (Å²) in [6.45, 7) is 23.2. The number of anilines is 1. The highest BCUT2D eigenvalue weighted by molar-refractivity contribution is 14.1. The highest BCUT2D eigenvalue weighted by Crippen LogP contribution is 2.43. The second-order valence-electron chi connectivity index (χ2n) is 12.1. The molecule has 0 unspecified atom stereocenters. The smallest absolute Gasteiger partial charge is 0.192 e. The zero-order chi connectivity index (χ0) is 25.0. The molecule has 0 aromatic carbocycles. The van der Waals surface area contributed by atoms with Crippen LogP contribution >= 0.6 is 22.6 Å². The van der Waals surface area contributed by atoms with Crippen molar-refractivity contribution in [2.45, 2.75) is 103 Å². The first-order valence-corrected chi connectivity index (χ1v) is 18.5. The monoisotopic (exact) mass is 605 g/mol. The summed E-state index contributed by atoms with van der Waals surface area (Å²) >= 11 is 2.21. The van der Waals surface area contributed by atoms with E-state index >= 15 is 0 Å². The molecule has 3 atom stereocenters. The number of hydrogen-bond acceptors (Lipinski definition) is 7. The number of fused-ring (bicyclic) bond motifs is 1. The molecule has 3 heterocycles. The second kappa shape index (κ2) is 9.12. The van der Waals surface area contributed by atoms with E-state index in [2.05, 4.69) is 105 Å². The van der Waals surface area contributed by atoms with Crippen LogP contribution in [0.25, 0.3) is 11.2 Å². The largest absolute Gasteiger partial charge is 0.414 e. The molecule has 1 aliphatic rings. The van der Waals surface area contributed by atoms with Gasteiger partial charge in [0.15, 0.2) is 43.7 Å². The molecule has 0 saturated carbocycles. The molecule has 2 aromatic rings. The van der Waals surface area contributed by atoms with Gasteiger partial charge < -0.3 is 19.3 Å². The minimum Gasteiger partial charge on any atom is -0.414 e. The third kappa shape index (κ3) is 5.47. The molecule has 0 aliphatic carbocycles. The van der Waals surface area contributed by atoms with Crippen molar-refractivity contribution in [2.75, 3.05) is 12.3 Å². The average Bonchev–Trinajstić information content (AvgIpc) is 3.18. The van der Waals surface area contributed by atoms with Crippen LogP contribution in [0.15, 0.2) is 6.33 Å². The molecule has 11 heteroatoms. The molecule has 0 spiro atoms. The Hall–Kier alpha value is -0.606. The summed E-state index contributed by atoms with van der Waals surface area (Å²) in [4.78, 5) is 13.2. The number of hydrogen-bond donors (Lipinski definition) is 1. The first-order chi connectivity index (χ1) is 14.9. The fourth-order valence-electron chi connectivity index (χ4n) is 3.35. The van der Waals surface area contributed by atoms with Crippen LogP contribution in [-0.2, 0) is 13.6 Å². The molecular weight excluding hydrogens is 565 g/mol. The SMILES string of the molecule is CC(C)(C)[Si](C)(C)OC[C@@H]1C[C@@H](O[Si](C)(C)C(C)(C)C)[C@H](n2c(I)nc3c(N)ncnc32)O1. The van der Waals surface area contributed by atoms with Gasteiger partial charge in [-0.3, -0.25) is 4.57 Å². The number of nitrogens with two attached hydrogens (primary N) is 1. The first-order valence-electron chi connectivity index (χ1n) is 11.6. The third-order valence-corrected chi connectivity index (χ3v) is 17.3.